The van der Waals surface area contributed by atoms with Crippen molar-refractivity contribution in [3.05, 3.63) is 105 Å². The second-order valence-electron chi connectivity index (χ2n) is 8.43. The Morgan fingerprint density at radius 1 is 1.00 bits per heavy atom. The summed E-state index contributed by atoms with van der Waals surface area (Å²) < 4.78 is 5.58. The van der Waals surface area contributed by atoms with Gasteiger partial charge in [-0.05, 0) is 29.2 Å². The van der Waals surface area contributed by atoms with E-state index in [0.29, 0.717) is 11.1 Å². The summed E-state index contributed by atoms with van der Waals surface area (Å²) in [5.74, 6) is -1.30. The van der Waals surface area contributed by atoms with Gasteiger partial charge in [0.2, 0.25) is 6.10 Å². The first-order chi connectivity index (χ1) is 15.6. The number of carbonyl (C=O) groups is 2. The molecule has 1 atom stereocenters. The number of nitrogens with zero attached hydrogens (tertiary/aromatic N) is 1. The van der Waals surface area contributed by atoms with Crippen LogP contribution in [0.4, 0.5) is 11.4 Å². The van der Waals surface area contributed by atoms with Gasteiger partial charge in [0.05, 0.1) is 21.2 Å². The summed E-state index contributed by atoms with van der Waals surface area (Å²) in [6, 6.07) is 19.3. The van der Waals surface area contributed by atoms with E-state index in [9.17, 15) is 19.7 Å². The highest BCUT2D eigenvalue weighted by atomic mass is 35.5. The Balaban J connectivity index is 1.84. The van der Waals surface area contributed by atoms with Crippen LogP contribution < -0.4 is 5.32 Å². The molecule has 0 unspecified atom stereocenters. The number of esters is 1. The third-order valence-corrected chi connectivity index (χ3v) is 5.29. The van der Waals surface area contributed by atoms with Gasteiger partial charge in [0.25, 0.3) is 11.6 Å². The number of ether oxygens (including phenoxy) is 1. The van der Waals surface area contributed by atoms with E-state index in [1.165, 1.54) is 12.1 Å². The standard InChI is InChI=1S/C25H23ClN2O5/c1-25(2,3)18-11-9-17(10-12-18)24(30)33-22(16-7-5-4-6-8-16)23(29)27-21-14-13-19(28(31)32)15-20(21)26/h4-15,22H,1-3H3,(H,27,29)/t22-/m0/s1. The number of halogens is 1. The first kappa shape index (κ1) is 23.9. The zero-order chi connectivity index (χ0) is 24.2. The second-order valence-corrected chi connectivity index (χ2v) is 8.84. The second kappa shape index (κ2) is 9.83. The monoisotopic (exact) mass is 466 g/mol. The zero-order valence-corrected chi connectivity index (χ0v) is 19.1. The number of hydrogen-bond acceptors (Lipinski definition) is 5. The number of anilines is 1. The normalized spacial score (nSPS) is 12.0. The quantitative estimate of drug-likeness (QED) is 0.269. The molecule has 1 N–H and O–H groups in total. The Hall–Kier alpha value is -3.71. The molecule has 0 aliphatic heterocycles. The molecule has 0 fully saturated rings. The largest absolute Gasteiger partial charge is 0.444 e. The number of amides is 1. The van der Waals surface area contributed by atoms with Crippen LogP contribution in [0, 0.1) is 10.1 Å². The van der Waals surface area contributed by atoms with Gasteiger partial charge in [-0.15, -0.1) is 0 Å². The predicted molar refractivity (Wildman–Crippen MR) is 126 cm³/mol. The highest BCUT2D eigenvalue weighted by molar-refractivity contribution is 6.34. The lowest BCUT2D eigenvalue weighted by Gasteiger charge is -2.20. The van der Waals surface area contributed by atoms with Crippen molar-refractivity contribution in [2.75, 3.05) is 5.32 Å². The third-order valence-electron chi connectivity index (χ3n) is 4.97. The number of benzene rings is 3. The SMILES string of the molecule is CC(C)(C)c1ccc(C(=O)O[C@H](C(=O)Nc2ccc([N+](=O)[O-])cc2Cl)c2ccccc2)cc1. The minimum absolute atomic E-state index is 0.00606. The van der Waals surface area contributed by atoms with Gasteiger partial charge in [-0.3, -0.25) is 14.9 Å². The average Bonchev–Trinajstić information content (AvgIpc) is 2.78. The van der Waals surface area contributed by atoms with Crippen molar-refractivity contribution in [3.63, 3.8) is 0 Å². The van der Waals surface area contributed by atoms with E-state index in [0.717, 1.165) is 11.6 Å². The van der Waals surface area contributed by atoms with Crippen LogP contribution in [0.1, 0.15) is 48.4 Å². The van der Waals surface area contributed by atoms with Crippen LogP contribution in [-0.4, -0.2) is 16.8 Å². The Morgan fingerprint density at radius 3 is 2.18 bits per heavy atom. The lowest BCUT2D eigenvalue weighted by Crippen LogP contribution is -2.26. The van der Waals surface area contributed by atoms with Crippen molar-refractivity contribution in [2.45, 2.75) is 32.3 Å². The van der Waals surface area contributed by atoms with Crippen LogP contribution in [-0.2, 0) is 14.9 Å². The molecule has 3 aromatic carbocycles. The van der Waals surface area contributed by atoms with Gasteiger partial charge in [0.1, 0.15) is 0 Å². The number of nitro groups is 1. The van der Waals surface area contributed by atoms with Crippen molar-refractivity contribution in [1.82, 2.24) is 0 Å². The van der Waals surface area contributed by atoms with E-state index in [1.54, 1.807) is 42.5 Å². The van der Waals surface area contributed by atoms with Gasteiger partial charge in [-0.1, -0.05) is 74.8 Å². The van der Waals surface area contributed by atoms with E-state index in [4.69, 9.17) is 16.3 Å². The number of nitro benzene ring substituents is 1. The smallest absolute Gasteiger partial charge is 0.339 e. The van der Waals surface area contributed by atoms with Crippen molar-refractivity contribution in [2.24, 2.45) is 0 Å². The number of hydrogen-bond donors (Lipinski definition) is 1. The number of non-ortho nitro benzene ring substituents is 1. The summed E-state index contributed by atoms with van der Waals surface area (Å²) in [6.07, 6.45) is -1.26. The molecule has 0 radical (unpaired) electrons. The van der Waals surface area contributed by atoms with Crippen LogP contribution >= 0.6 is 11.6 Å². The minimum Gasteiger partial charge on any atom is -0.444 e. The van der Waals surface area contributed by atoms with Gasteiger partial charge in [0, 0.05) is 17.7 Å². The number of carbonyl (C=O) groups excluding carboxylic acids is 2. The van der Waals surface area contributed by atoms with Crippen molar-refractivity contribution in [1.29, 1.82) is 0 Å². The molecule has 3 aromatic rings. The Labute approximate surface area is 196 Å². The van der Waals surface area contributed by atoms with E-state index < -0.39 is 22.9 Å². The fourth-order valence-electron chi connectivity index (χ4n) is 3.10. The average molecular weight is 467 g/mol. The Bertz CT molecular complexity index is 1170. The summed E-state index contributed by atoms with van der Waals surface area (Å²) in [5.41, 5.74) is 1.72. The Morgan fingerprint density at radius 2 is 1.64 bits per heavy atom. The molecule has 0 bridgehead atoms. The van der Waals surface area contributed by atoms with Crippen molar-refractivity contribution in [3.8, 4) is 0 Å². The van der Waals surface area contributed by atoms with E-state index in [2.05, 4.69) is 26.1 Å². The molecule has 0 aromatic heterocycles. The number of rotatable bonds is 6. The lowest BCUT2D eigenvalue weighted by molar-refractivity contribution is -0.384. The highest BCUT2D eigenvalue weighted by Gasteiger charge is 2.27. The molecule has 170 valence electrons. The van der Waals surface area contributed by atoms with Crippen LogP contribution in [0.15, 0.2) is 72.8 Å². The molecular weight excluding hydrogens is 444 g/mol. The topological polar surface area (TPSA) is 98.5 Å². The van der Waals surface area contributed by atoms with Gasteiger partial charge >= 0.3 is 5.97 Å². The summed E-state index contributed by atoms with van der Waals surface area (Å²) in [6.45, 7) is 6.21. The molecular formula is C25H23ClN2O5. The molecule has 0 aliphatic rings. The van der Waals surface area contributed by atoms with Crippen LogP contribution in [0.25, 0.3) is 0 Å². The van der Waals surface area contributed by atoms with Crippen LogP contribution in [0.2, 0.25) is 5.02 Å². The van der Waals surface area contributed by atoms with Crippen molar-refractivity contribution < 1.29 is 19.2 Å². The molecule has 8 heteroatoms. The summed E-state index contributed by atoms with van der Waals surface area (Å²) >= 11 is 6.09. The van der Waals surface area contributed by atoms with Gasteiger partial charge in [0.15, 0.2) is 0 Å². The molecule has 3 rings (SSSR count). The molecule has 0 saturated heterocycles. The third kappa shape index (κ3) is 5.96. The van der Waals surface area contributed by atoms with Crippen LogP contribution in [0.5, 0.6) is 0 Å². The molecule has 33 heavy (non-hydrogen) atoms. The summed E-state index contributed by atoms with van der Waals surface area (Å²) in [7, 11) is 0. The molecule has 1 amide bonds. The fourth-order valence-corrected chi connectivity index (χ4v) is 3.32. The van der Waals surface area contributed by atoms with E-state index in [1.807, 2.05) is 12.1 Å². The maximum Gasteiger partial charge on any atom is 0.339 e. The number of nitrogens with one attached hydrogen (secondary N) is 1. The zero-order valence-electron chi connectivity index (χ0n) is 18.4. The van der Waals surface area contributed by atoms with Crippen LogP contribution in [0.3, 0.4) is 0 Å². The van der Waals surface area contributed by atoms with Gasteiger partial charge in [-0.25, -0.2) is 4.79 Å². The lowest BCUT2D eigenvalue weighted by atomic mass is 9.87. The maximum atomic E-state index is 13.1. The molecule has 0 heterocycles. The summed E-state index contributed by atoms with van der Waals surface area (Å²) in [4.78, 5) is 36.2. The Kier molecular flexibility index (Phi) is 7.13. The van der Waals surface area contributed by atoms with Crippen molar-refractivity contribution >= 4 is 34.9 Å². The van der Waals surface area contributed by atoms with Gasteiger partial charge in [-0.2, -0.15) is 0 Å². The molecule has 0 spiro atoms. The molecule has 0 aliphatic carbocycles. The molecule has 0 saturated carbocycles. The first-order valence-electron chi connectivity index (χ1n) is 10.2. The first-order valence-corrected chi connectivity index (χ1v) is 10.6. The highest BCUT2D eigenvalue weighted by Crippen LogP contribution is 2.29. The molecule has 7 nitrogen and oxygen atoms in total. The predicted octanol–water partition coefficient (Wildman–Crippen LogP) is 6.08. The summed E-state index contributed by atoms with van der Waals surface area (Å²) in [5, 5.41) is 13.5. The maximum absolute atomic E-state index is 13.1. The minimum atomic E-state index is -1.26. The van der Waals surface area contributed by atoms with Gasteiger partial charge < -0.3 is 10.1 Å². The van der Waals surface area contributed by atoms with E-state index in [-0.39, 0.29) is 21.8 Å². The van der Waals surface area contributed by atoms with E-state index >= 15 is 0 Å². The fraction of sp³-hybridized carbons (Fsp3) is 0.200.